The predicted octanol–water partition coefficient (Wildman–Crippen LogP) is 5.47. The fourth-order valence-electron chi connectivity index (χ4n) is 1.51. The molecule has 0 nitrogen and oxygen atoms in total. The van der Waals surface area contributed by atoms with E-state index in [0.29, 0.717) is 6.42 Å². The molecule has 2 unspecified atom stereocenters. The number of halogens is 7. The topological polar surface area (TPSA) is 0 Å². The van der Waals surface area contributed by atoms with Crippen LogP contribution < -0.4 is 0 Å². The van der Waals surface area contributed by atoms with Crippen LogP contribution in [0.5, 0.6) is 0 Å². The highest BCUT2D eigenvalue weighted by Crippen LogP contribution is 2.41. The van der Waals surface area contributed by atoms with Crippen molar-refractivity contribution in [2.45, 2.75) is 56.5 Å². The Kier molecular flexibility index (Phi) is 8.95. The molecule has 8 heteroatoms. The van der Waals surface area contributed by atoms with E-state index < -0.39 is 46.1 Å². The summed E-state index contributed by atoms with van der Waals surface area (Å²) in [7, 11) is -1.09. The Labute approximate surface area is 109 Å². The summed E-state index contributed by atoms with van der Waals surface area (Å²) < 4.78 is 86.3. The maximum absolute atomic E-state index is 13.2. The first kappa shape index (κ1) is 18.9. The van der Waals surface area contributed by atoms with Gasteiger partial charge in [-0.25, -0.2) is 4.39 Å². The monoisotopic (exact) mass is 314 g/mol. The maximum atomic E-state index is 13.2. The van der Waals surface area contributed by atoms with Crippen molar-refractivity contribution in [2.24, 2.45) is 0 Å². The van der Waals surface area contributed by atoms with Crippen molar-refractivity contribution < 1.29 is 30.7 Å². The molecule has 0 aromatic rings. The van der Waals surface area contributed by atoms with E-state index in [-0.39, 0.29) is 25.4 Å². The summed E-state index contributed by atoms with van der Waals surface area (Å²) in [6.45, 7) is -0.905. The molecule has 0 aliphatic rings. The molecule has 0 heterocycles. The van der Waals surface area contributed by atoms with Gasteiger partial charge < -0.3 is 0 Å². The van der Waals surface area contributed by atoms with Gasteiger partial charge in [0.2, 0.25) is 0 Å². The lowest BCUT2D eigenvalue weighted by atomic mass is 10.1. The smallest absolute Gasteiger partial charge is 0.251 e. The van der Waals surface area contributed by atoms with Crippen LogP contribution in [0.15, 0.2) is 0 Å². The highest BCUT2D eigenvalue weighted by molar-refractivity contribution is 7.39. The van der Waals surface area contributed by atoms with E-state index in [0.717, 1.165) is 0 Å². The lowest BCUT2D eigenvalue weighted by Gasteiger charge is -2.20. The van der Waals surface area contributed by atoms with Crippen LogP contribution in [0.4, 0.5) is 30.7 Å². The minimum Gasteiger partial charge on any atom is -0.251 e. The summed E-state index contributed by atoms with van der Waals surface area (Å²) in [6.07, 6.45) is -7.61. The first-order valence-electron chi connectivity index (χ1n) is 6.08. The first-order chi connectivity index (χ1) is 8.69. The Balaban J connectivity index is 3.65. The van der Waals surface area contributed by atoms with Crippen LogP contribution in [0.25, 0.3) is 0 Å². The molecule has 0 aliphatic heterocycles. The molecule has 0 spiro atoms. The van der Waals surface area contributed by atoms with Gasteiger partial charge in [0.1, 0.15) is 0 Å². The van der Waals surface area contributed by atoms with Crippen LogP contribution in [0.3, 0.4) is 0 Å². The lowest BCUT2D eigenvalue weighted by Crippen LogP contribution is -2.25. The van der Waals surface area contributed by atoms with Gasteiger partial charge in [-0.1, -0.05) is 19.3 Å². The summed E-state index contributed by atoms with van der Waals surface area (Å²) in [4.78, 5) is 0. The molecule has 0 aliphatic carbocycles. The maximum Gasteiger partial charge on any atom is 0.389 e. The Hall–Kier alpha value is -0.0600. The van der Waals surface area contributed by atoms with E-state index in [1.165, 1.54) is 0 Å². The second-order valence-corrected chi connectivity index (χ2v) is 5.79. The zero-order valence-electron chi connectivity index (χ0n) is 10.4. The minimum atomic E-state index is -4.21. The van der Waals surface area contributed by atoms with Gasteiger partial charge in [-0.3, -0.25) is 4.39 Å². The van der Waals surface area contributed by atoms with Gasteiger partial charge in [-0.15, -0.1) is 0 Å². The molecule has 2 atom stereocenters. The van der Waals surface area contributed by atoms with E-state index in [2.05, 4.69) is 0 Å². The van der Waals surface area contributed by atoms with Crippen molar-refractivity contribution in [3.63, 3.8) is 0 Å². The molecule has 19 heavy (non-hydrogen) atoms. The Morgan fingerprint density at radius 1 is 0.895 bits per heavy atom. The van der Waals surface area contributed by atoms with Crippen LogP contribution in [-0.2, 0) is 0 Å². The van der Waals surface area contributed by atoms with E-state index in [1.807, 2.05) is 0 Å². The third kappa shape index (κ3) is 10.4. The molecule has 0 aromatic heterocycles. The summed E-state index contributed by atoms with van der Waals surface area (Å²) in [5, 5.41) is 0. The Bertz CT molecular complexity index is 230. The molecule has 0 saturated heterocycles. The van der Waals surface area contributed by atoms with E-state index in [1.54, 1.807) is 0 Å². The summed E-state index contributed by atoms with van der Waals surface area (Å²) >= 11 is 0. The average Bonchev–Trinajstić information content (AvgIpc) is 2.29. The number of unbranched alkanes of at least 4 members (excludes halogenated alkanes) is 3. The quantitative estimate of drug-likeness (QED) is 0.285. The zero-order valence-corrected chi connectivity index (χ0v) is 11.4. The normalized spacial score (nSPS) is 15.3. The molecule has 116 valence electrons. The highest BCUT2D eigenvalue weighted by atomic mass is 31.1. The molecule has 0 rings (SSSR count). The molecular formula is C11H18F7P. The molecule has 0 saturated carbocycles. The second-order valence-electron chi connectivity index (χ2n) is 4.27. The Morgan fingerprint density at radius 3 is 2.00 bits per heavy atom. The zero-order chi connectivity index (χ0) is 14.9. The van der Waals surface area contributed by atoms with Crippen LogP contribution in [-0.4, -0.2) is 30.8 Å². The summed E-state index contributed by atoms with van der Waals surface area (Å²) in [5.74, 6) is 0. The first-order valence-corrected chi connectivity index (χ1v) is 7.29. The van der Waals surface area contributed by atoms with Gasteiger partial charge in [-0.2, -0.15) is 22.0 Å². The minimum absolute atomic E-state index is 0.0690. The van der Waals surface area contributed by atoms with E-state index >= 15 is 0 Å². The van der Waals surface area contributed by atoms with E-state index in [9.17, 15) is 30.7 Å². The molecule has 0 N–H and O–H groups in total. The van der Waals surface area contributed by atoms with Gasteiger partial charge in [-0.05, 0) is 27.6 Å². The Morgan fingerprint density at radius 2 is 1.47 bits per heavy atom. The number of alkyl halides is 7. The SMILES string of the molecule is FCCPC(F)(F)C(F)CCCCCCC(F)(F)F. The molecule has 0 fully saturated rings. The fraction of sp³-hybridized carbons (Fsp3) is 1.00. The molecule has 0 aromatic carbocycles. The fourth-order valence-corrected chi connectivity index (χ4v) is 2.30. The van der Waals surface area contributed by atoms with Crippen molar-refractivity contribution in [3.8, 4) is 0 Å². The third-order valence-corrected chi connectivity index (χ3v) is 3.74. The van der Waals surface area contributed by atoms with Crippen molar-refractivity contribution in [1.82, 2.24) is 0 Å². The largest absolute Gasteiger partial charge is 0.389 e. The van der Waals surface area contributed by atoms with Gasteiger partial charge in [0.25, 0.3) is 5.66 Å². The predicted molar refractivity (Wildman–Crippen MR) is 62.8 cm³/mol. The van der Waals surface area contributed by atoms with Crippen molar-refractivity contribution in [1.29, 1.82) is 0 Å². The molecule has 0 bridgehead atoms. The second kappa shape index (κ2) is 8.98. The van der Waals surface area contributed by atoms with Gasteiger partial charge in [0, 0.05) is 6.42 Å². The van der Waals surface area contributed by atoms with Crippen molar-refractivity contribution in [3.05, 3.63) is 0 Å². The van der Waals surface area contributed by atoms with Gasteiger partial charge in [0.15, 0.2) is 6.17 Å². The number of hydrogen-bond donors (Lipinski definition) is 0. The van der Waals surface area contributed by atoms with Gasteiger partial charge >= 0.3 is 6.18 Å². The average molecular weight is 314 g/mol. The lowest BCUT2D eigenvalue weighted by molar-refractivity contribution is -0.135. The summed E-state index contributed by atoms with van der Waals surface area (Å²) in [5.41, 5.74) is -3.52. The van der Waals surface area contributed by atoms with Crippen molar-refractivity contribution in [2.75, 3.05) is 12.8 Å². The highest BCUT2D eigenvalue weighted by Gasteiger charge is 2.38. The van der Waals surface area contributed by atoms with Crippen LogP contribution in [0.1, 0.15) is 38.5 Å². The molecular weight excluding hydrogens is 296 g/mol. The number of hydrogen-bond acceptors (Lipinski definition) is 0. The van der Waals surface area contributed by atoms with E-state index in [4.69, 9.17) is 0 Å². The van der Waals surface area contributed by atoms with Crippen LogP contribution in [0, 0.1) is 0 Å². The molecule has 0 amide bonds. The van der Waals surface area contributed by atoms with Crippen molar-refractivity contribution >= 4 is 8.58 Å². The van der Waals surface area contributed by atoms with Crippen LogP contribution >= 0.6 is 8.58 Å². The standard InChI is InChI=1S/C11H18F7P/c12-7-8-19-11(17,18)9(13)5-3-1-2-4-6-10(14,15)16/h9,19H,1-8H2. The summed E-state index contributed by atoms with van der Waals surface area (Å²) in [6, 6.07) is 0. The van der Waals surface area contributed by atoms with Crippen LogP contribution in [0.2, 0.25) is 0 Å². The number of rotatable bonds is 10. The molecule has 0 radical (unpaired) electrons. The third-order valence-electron chi connectivity index (χ3n) is 2.52. The van der Waals surface area contributed by atoms with Gasteiger partial charge in [0.05, 0.1) is 6.67 Å².